The Bertz CT molecular complexity index is 1870. The fourth-order valence-corrected chi connectivity index (χ4v) is 5.20. The quantitative estimate of drug-likeness (QED) is 0.160. The van der Waals surface area contributed by atoms with E-state index in [2.05, 4.69) is 27.3 Å². The number of hydrogen-bond acceptors (Lipinski definition) is 8. The highest BCUT2D eigenvalue weighted by Crippen LogP contribution is 2.37. The highest BCUT2D eigenvalue weighted by atomic mass is 16.5. The number of pyridine rings is 1. The first-order valence-electron chi connectivity index (χ1n) is 14.9. The lowest BCUT2D eigenvalue weighted by Gasteiger charge is -2.15. The zero-order chi connectivity index (χ0) is 31.0. The minimum Gasteiger partial charge on any atom is -0.493 e. The molecule has 9 heteroatoms. The third kappa shape index (κ3) is 7.12. The second-order valence-corrected chi connectivity index (χ2v) is 10.7. The largest absolute Gasteiger partial charge is 0.493 e. The smallest absolute Gasteiger partial charge is 0.227 e. The van der Waals surface area contributed by atoms with Gasteiger partial charge >= 0.3 is 0 Å². The summed E-state index contributed by atoms with van der Waals surface area (Å²) < 4.78 is 13.9. The summed E-state index contributed by atoms with van der Waals surface area (Å²) in [7, 11) is 3.65. The van der Waals surface area contributed by atoms with E-state index in [1.807, 2.05) is 103 Å². The molecule has 3 aromatic carbocycles. The Morgan fingerprint density at radius 1 is 0.844 bits per heavy atom. The first-order valence-corrected chi connectivity index (χ1v) is 14.9. The number of hydrogen-bond donors (Lipinski definition) is 2. The number of likely N-dealkylation sites (N-methyl/N-ethyl adjacent to an activating group) is 1. The molecule has 3 heterocycles. The number of benzene rings is 3. The van der Waals surface area contributed by atoms with Crippen LogP contribution in [0.4, 0.5) is 11.6 Å². The van der Waals surface area contributed by atoms with Gasteiger partial charge in [0.15, 0.2) is 11.5 Å². The van der Waals surface area contributed by atoms with Gasteiger partial charge in [0.25, 0.3) is 0 Å². The molecule has 0 bridgehead atoms. The average molecular weight is 601 g/mol. The molecule has 45 heavy (non-hydrogen) atoms. The number of nitrogens with one attached hydrogen (secondary N) is 1. The summed E-state index contributed by atoms with van der Waals surface area (Å²) in [6.07, 6.45) is 4.62. The van der Waals surface area contributed by atoms with Gasteiger partial charge in [-0.05, 0) is 73.1 Å². The van der Waals surface area contributed by atoms with E-state index in [0.717, 1.165) is 52.5 Å². The van der Waals surface area contributed by atoms with Crippen molar-refractivity contribution in [2.24, 2.45) is 0 Å². The van der Waals surface area contributed by atoms with E-state index in [-0.39, 0.29) is 6.61 Å². The van der Waals surface area contributed by atoms with E-state index in [1.165, 1.54) is 5.56 Å². The van der Waals surface area contributed by atoms with Gasteiger partial charge in [0.05, 0.1) is 30.8 Å². The Morgan fingerprint density at radius 3 is 2.53 bits per heavy atom. The molecule has 0 fully saturated rings. The molecule has 228 valence electrons. The Hall–Kier alpha value is -5.25. The minimum absolute atomic E-state index is 0.155. The van der Waals surface area contributed by atoms with Crippen LogP contribution in [-0.4, -0.2) is 63.2 Å². The molecule has 0 amide bonds. The zero-order valence-electron chi connectivity index (χ0n) is 25.4. The number of aromatic nitrogens is 4. The maximum Gasteiger partial charge on any atom is 0.227 e. The number of ether oxygens (including phenoxy) is 2. The number of rotatable bonds is 13. The molecule has 0 atom stereocenters. The van der Waals surface area contributed by atoms with Gasteiger partial charge in [-0.25, -0.2) is 15.0 Å². The predicted molar refractivity (Wildman–Crippen MR) is 177 cm³/mol. The second kappa shape index (κ2) is 14.0. The van der Waals surface area contributed by atoms with Crippen LogP contribution in [0.2, 0.25) is 0 Å². The van der Waals surface area contributed by atoms with Gasteiger partial charge < -0.3 is 24.8 Å². The van der Waals surface area contributed by atoms with Gasteiger partial charge in [-0.1, -0.05) is 48.5 Å². The molecular weight excluding hydrogens is 564 g/mol. The van der Waals surface area contributed by atoms with Crippen molar-refractivity contribution < 1.29 is 14.6 Å². The Morgan fingerprint density at radius 2 is 1.69 bits per heavy atom. The standard InChI is InChI=1S/C36H36N6O3/c1-41(21-22-43)20-17-26-11-8-12-29(23-26)38-36-37-18-16-30(39-36)35-34(40-33-13-6-7-19-42(33)35)28-14-15-31(32(24-28)44-2)45-25-27-9-4-3-5-10-27/h3-16,18-19,23-24,43H,17,20-22,25H2,1-2H3,(H,37,38,39). The Kier molecular flexibility index (Phi) is 9.29. The molecule has 0 saturated heterocycles. The van der Waals surface area contributed by atoms with Crippen LogP contribution in [0, 0.1) is 0 Å². The molecule has 6 aromatic rings. The molecule has 0 aliphatic carbocycles. The molecule has 9 nitrogen and oxygen atoms in total. The topological polar surface area (TPSA) is 97.0 Å². The van der Waals surface area contributed by atoms with Crippen molar-refractivity contribution in [3.05, 3.63) is 121 Å². The van der Waals surface area contributed by atoms with Crippen LogP contribution in [-0.2, 0) is 13.0 Å². The fourth-order valence-electron chi connectivity index (χ4n) is 5.20. The summed E-state index contributed by atoms with van der Waals surface area (Å²) in [6, 6.07) is 32.0. The van der Waals surface area contributed by atoms with Gasteiger partial charge in [0, 0.05) is 36.7 Å². The second-order valence-electron chi connectivity index (χ2n) is 10.7. The number of nitrogens with zero attached hydrogens (tertiary/aromatic N) is 5. The normalized spacial score (nSPS) is 11.2. The minimum atomic E-state index is 0.155. The van der Waals surface area contributed by atoms with Crippen LogP contribution in [0.15, 0.2) is 109 Å². The van der Waals surface area contributed by atoms with Crippen molar-refractivity contribution in [1.29, 1.82) is 0 Å². The van der Waals surface area contributed by atoms with Crippen LogP contribution < -0.4 is 14.8 Å². The molecule has 0 spiro atoms. The Labute approximate surface area is 262 Å². The maximum atomic E-state index is 9.18. The fraction of sp³-hybridized carbons (Fsp3) is 0.194. The van der Waals surface area contributed by atoms with E-state index in [9.17, 15) is 5.11 Å². The summed E-state index contributed by atoms with van der Waals surface area (Å²) in [5.74, 6) is 1.77. The van der Waals surface area contributed by atoms with E-state index in [4.69, 9.17) is 19.4 Å². The SMILES string of the molecule is COc1cc(-c2nc3ccccn3c2-c2ccnc(Nc3cccc(CCN(C)CCO)c3)n2)ccc1OCc1ccccc1. The molecule has 0 unspecified atom stereocenters. The van der Waals surface area contributed by atoms with Crippen LogP contribution in [0.1, 0.15) is 11.1 Å². The lowest BCUT2D eigenvalue weighted by atomic mass is 10.1. The van der Waals surface area contributed by atoms with Crippen molar-refractivity contribution in [2.75, 3.05) is 39.2 Å². The molecule has 6 rings (SSSR count). The highest BCUT2D eigenvalue weighted by molar-refractivity contribution is 5.82. The summed E-state index contributed by atoms with van der Waals surface area (Å²) in [6.45, 7) is 2.11. The number of methoxy groups -OCH3 is 1. The number of aliphatic hydroxyl groups is 1. The first-order chi connectivity index (χ1) is 22.1. The molecule has 0 radical (unpaired) electrons. The van der Waals surface area contributed by atoms with Crippen LogP contribution in [0.5, 0.6) is 11.5 Å². The van der Waals surface area contributed by atoms with Crippen LogP contribution in [0.3, 0.4) is 0 Å². The van der Waals surface area contributed by atoms with E-state index in [1.54, 1.807) is 13.3 Å². The zero-order valence-corrected chi connectivity index (χ0v) is 25.4. The third-order valence-corrected chi connectivity index (χ3v) is 7.55. The summed E-state index contributed by atoms with van der Waals surface area (Å²) in [5.41, 5.74) is 7.20. The van der Waals surface area contributed by atoms with Gasteiger partial charge in [0.2, 0.25) is 5.95 Å². The lowest BCUT2D eigenvalue weighted by molar-refractivity contribution is 0.223. The molecular formula is C36H36N6O3. The van der Waals surface area contributed by atoms with E-state index in [0.29, 0.717) is 30.6 Å². The van der Waals surface area contributed by atoms with Crippen LogP contribution >= 0.6 is 0 Å². The first kappa shape index (κ1) is 29.8. The van der Waals surface area contributed by atoms with Crippen molar-refractivity contribution in [3.63, 3.8) is 0 Å². The summed E-state index contributed by atoms with van der Waals surface area (Å²) in [4.78, 5) is 16.5. The highest BCUT2D eigenvalue weighted by Gasteiger charge is 2.19. The van der Waals surface area contributed by atoms with Crippen molar-refractivity contribution in [1.82, 2.24) is 24.3 Å². The van der Waals surface area contributed by atoms with Gasteiger partial charge in [-0.15, -0.1) is 0 Å². The predicted octanol–water partition coefficient (Wildman–Crippen LogP) is 6.26. The van der Waals surface area contributed by atoms with Gasteiger partial charge in [-0.2, -0.15) is 0 Å². The molecule has 0 saturated carbocycles. The van der Waals surface area contributed by atoms with Gasteiger partial charge in [0.1, 0.15) is 12.3 Å². The molecule has 2 N–H and O–H groups in total. The Balaban J connectivity index is 1.29. The van der Waals surface area contributed by atoms with Crippen molar-refractivity contribution >= 4 is 17.3 Å². The number of fused-ring (bicyclic) bond motifs is 1. The summed E-state index contributed by atoms with van der Waals surface area (Å²) in [5, 5.41) is 12.6. The monoisotopic (exact) mass is 600 g/mol. The number of anilines is 2. The molecule has 0 aliphatic heterocycles. The van der Waals surface area contributed by atoms with Crippen LogP contribution in [0.25, 0.3) is 28.3 Å². The van der Waals surface area contributed by atoms with E-state index >= 15 is 0 Å². The van der Waals surface area contributed by atoms with E-state index < -0.39 is 0 Å². The third-order valence-electron chi connectivity index (χ3n) is 7.55. The number of imidazole rings is 1. The molecule has 3 aromatic heterocycles. The number of aliphatic hydroxyl groups excluding tert-OH is 1. The average Bonchev–Trinajstić information content (AvgIpc) is 3.47. The summed E-state index contributed by atoms with van der Waals surface area (Å²) >= 11 is 0. The van der Waals surface area contributed by atoms with Gasteiger partial charge in [-0.3, -0.25) is 4.40 Å². The lowest BCUT2D eigenvalue weighted by Crippen LogP contribution is -2.24. The maximum absolute atomic E-state index is 9.18. The van der Waals surface area contributed by atoms with Crippen molar-refractivity contribution in [3.8, 4) is 34.1 Å². The van der Waals surface area contributed by atoms with Crippen molar-refractivity contribution in [2.45, 2.75) is 13.0 Å². The molecule has 0 aliphatic rings.